The molecule has 1 amide bonds. The molecule has 4 rings (SSSR count). The molecule has 0 radical (unpaired) electrons. The van der Waals surface area contributed by atoms with Crippen molar-refractivity contribution in [3.63, 3.8) is 0 Å². The average Bonchev–Trinajstić information content (AvgIpc) is 3.10. The molecule has 0 saturated carbocycles. The predicted octanol–water partition coefficient (Wildman–Crippen LogP) is 3.93. The molecule has 0 bridgehead atoms. The van der Waals surface area contributed by atoms with Gasteiger partial charge in [0.25, 0.3) is 0 Å². The van der Waals surface area contributed by atoms with Gasteiger partial charge in [-0.2, -0.15) is 22.0 Å². The van der Waals surface area contributed by atoms with E-state index in [9.17, 15) is 26.7 Å². The van der Waals surface area contributed by atoms with Crippen molar-refractivity contribution in [1.29, 1.82) is 0 Å². The average molecular weight is 484 g/mol. The summed E-state index contributed by atoms with van der Waals surface area (Å²) < 4.78 is 62.7. The number of alkyl halides is 5. The summed E-state index contributed by atoms with van der Waals surface area (Å²) in [5.74, 6) is -8.46. The zero-order valence-corrected chi connectivity index (χ0v) is 18.2. The molecule has 2 N–H and O–H groups in total. The third-order valence-corrected chi connectivity index (χ3v) is 5.26. The number of imidazole rings is 1. The van der Waals surface area contributed by atoms with E-state index in [2.05, 4.69) is 15.2 Å². The number of amides is 1. The molecule has 3 aromatic rings. The number of aliphatic carboxylic acids is 1. The first-order chi connectivity index (χ1) is 15.8. The maximum absolute atomic E-state index is 14.8. The lowest BCUT2D eigenvalue weighted by Gasteiger charge is -2.25. The molecule has 2 aromatic carbocycles. The van der Waals surface area contributed by atoms with Crippen LogP contribution in [0.5, 0.6) is 0 Å². The number of carbonyl (C=O) groups is 2. The Labute approximate surface area is 190 Å². The number of rotatable bonds is 3. The second-order valence-corrected chi connectivity index (χ2v) is 7.79. The fraction of sp³-hybridized carbons (Fsp3) is 0.318. The van der Waals surface area contributed by atoms with Gasteiger partial charge in [0.2, 0.25) is 0 Å². The van der Waals surface area contributed by atoms with E-state index < -0.39 is 29.8 Å². The molecule has 182 valence electrons. The van der Waals surface area contributed by atoms with Gasteiger partial charge >= 0.3 is 24.0 Å². The highest BCUT2D eigenvalue weighted by Crippen LogP contribution is 2.31. The Morgan fingerprint density at radius 1 is 1.03 bits per heavy atom. The maximum Gasteiger partial charge on any atom is 0.490 e. The first-order valence-corrected chi connectivity index (χ1v) is 10.0. The van der Waals surface area contributed by atoms with Crippen molar-refractivity contribution in [3.8, 4) is 0 Å². The number of aromatic nitrogens is 2. The molecule has 0 saturated heterocycles. The van der Waals surface area contributed by atoms with Crippen LogP contribution in [0, 0.1) is 0 Å². The monoisotopic (exact) mass is 484 g/mol. The van der Waals surface area contributed by atoms with E-state index in [1.807, 2.05) is 13.1 Å². The lowest BCUT2D eigenvalue weighted by molar-refractivity contribution is -0.192. The van der Waals surface area contributed by atoms with Crippen molar-refractivity contribution in [2.75, 3.05) is 18.9 Å². The van der Waals surface area contributed by atoms with Crippen LogP contribution in [0.25, 0.3) is 11.0 Å². The van der Waals surface area contributed by atoms with Gasteiger partial charge < -0.3 is 19.9 Å². The highest BCUT2D eigenvalue weighted by atomic mass is 19.4. The minimum Gasteiger partial charge on any atom is -0.475 e. The normalized spacial score (nSPS) is 14.2. The molecule has 0 spiro atoms. The van der Waals surface area contributed by atoms with Crippen molar-refractivity contribution in [2.45, 2.75) is 25.1 Å². The Kier molecular flexibility index (Phi) is 6.92. The number of hydrogen-bond acceptors (Lipinski definition) is 4. The number of halogens is 5. The van der Waals surface area contributed by atoms with Crippen LogP contribution in [0.4, 0.5) is 27.6 Å². The molecule has 7 nitrogen and oxygen atoms in total. The molecule has 1 aliphatic heterocycles. The van der Waals surface area contributed by atoms with Gasteiger partial charge in [-0.3, -0.25) is 4.79 Å². The number of nitrogens with one attached hydrogen (secondary N) is 1. The predicted molar refractivity (Wildman–Crippen MR) is 113 cm³/mol. The number of likely N-dealkylation sites (N-methyl/N-ethyl adjacent to an activating group) is 1. The zero-order chi connectivity index (χ0) is 25.3. The fourth-order valence-electron chi connectivity index (χ4n) is 3.51. The molecule has 1 aromatic heterocycles. The molecule has 0 aliphatic carbocycles. The number of anilines is 1. The van der Waals surface area contributed by atoms with Crippen molar-refractivity contribution in [2.24, 2.45) is 7.05 Å². The van der Waals surface area contributed by atoms with Gasteiger partial charge in [0.1, 0.15) is 0 Å². The summed E-state index contributed by atoms with van der Waals surface area (Å²) in [5.41, 5.74) is 3.59. The standard InChI is InChI=1S/C20H20F2N4O.C2HF3O2/c1-25-10-9-13-7-8-15(11-14(13)12-25)23-19(27)20(21,22)18-24-16-5-3-4-6-17(16)26(18)2;3-2(4,5)1(6)7/h3-8,11H,9-10,12H2,1-2H3,(H,23,27);(H,6,7). The van der Waals surface area contributed by atoms with E-state index >= 15 is 0 Å². The maximum atomic E-state index is 14.8. The minimum atomic E-state index is -5.08. The fourth-order valence-corrected chi connectivity index (χ4v) is 3.51. The van der Waals surface area contributed by atoms with Crippen molar-refractivity contribution < 1.29 is 36.6 Å². The molecule has 12 heteroatoms. The number of carboxylic acids is 1. The van der Waals surface area contributed by atoms with E-state index in [4.69, 9.17) is 9.90 Å². The second kappa shape index (κ2) is 9.37. The number of hydrogen-bond donors (Lipinski definition) is 2. The van der Waals surface area contributed by atoms with Gasteiger partial charge in [0.05, 0.1) is 11.0 Å². The number of benzene rings is 2. The van der Waals surface area contributed by atoms with E-state index in [0.29, 0.717) is 16.7 Å². The second-order valence-electron chi connectivity index (χ2n) is 7.79. The Morgan fingerprint density at radius 3 is 2.29 bits per heavy atom. The quantitative estimate of drug-likeness (QED) is 0.551. The number of para-hydroxylation sites is 2. The van der Waals surface area contributed by atoms with Gasteiger partial charge in [-0.1, -0.05) is 18.2 Å². The van der Waals surface area contributed by atoms with E-state index in [1.165, 1.54) is 17.2 Å². The van der Waals surface area contributed by atoms with Crippen molar-refractivity contribution >= 4 is 28.6 Å². The van der Waals surface area contributed by atoms with E-state index in [-0.39, 0.29) is 0 Å². The van der Waals surface area contributed by atoms with Gasteiger partial charge in [0, 0.05) is 25.8 Å². The SMILES string of the molecule is CN1CCc2ccc(NC(=O)C(F)(F)c3nc4ccccc4n3C)cc2C1.O=C(O)C(F)(F)F. The summed E-state index contributed by atoms with van der Waals surface area (Å²) in [7, 11) is 3.49. The van der Waals surface area contributed by atoms with Gasteiger partial charge in [-0.05, 0) is 48.9 Å². The molecule has 0 fully saturated rings. The Balaban J connectivity index is 0.000000406. The van der Waals surface area contributed by atoms with Crippen LogP contribution in [-0.4, -0.2) is 51.2 Å². The third kappa shape index (κ3) is 5.33. The van der Waals surface area contributed by atoms with Crippen LogP contribution in [-0.2, 0) is 35.5 Å². The van der Waals surface area contributed by atoms with Crippen molar-refractivity contribution in [3.05, 3.63) is 59.4 Å². The van der Waals surface area contributed by atoms with Gasteiger partial charge in [-0.15, -0.1) is 0 Å². The summed E-state index contributed by atoms with van der Waals surface area (Å²) >= 11 is 0. The number of carboxylic acid groups (broad SMARTS) is 1. The van der Waals surface area contributed by atoms with E-state index in [0.717, 1.165) is 25.1 Å². The van der Waals surface area contributed by atoms with Crippen LogP contribution >= 0.6 is 0 Å². The topological polar surface area (TPSA) is 87.5 Å². The van der Waals surface area contributed by atoms with Crippen LogP contribution in [0.1, 0.15) is 17.0 Å². The van der Waals surface area contributed by atoms with Crippen molar-refractivity contribution in [1.82, 2.24) is 14.5 Å². The Hall–Kier alpha value is -3.54. The minimum absolute atomic E-state index is 0.368. The summed E-state index contributed by atoms with van der Waals surface area (Å²) in [6.45, 7) is 1.70. The lowest BCUT2D eigenvalue weighted by Crippen LogP contribution is -2.35. The van der Waals surface area contributed by atoms with Crippen LogP contribution in [0.15, 0.2) is 42.5 Å². The number of carbonyl (C=O) groups excluding carboxylic acids is 1. The Morgan fingerprint density at radius 2 is 1.68 bits per heavy atom. The molecule has 34 heavy (non-hydrogen) atoms. The summed E-state index contributed by atoms with van der Waals surface area (Å²) in [4.78, 5) is 27.4. The molecule has 2 heterocycles. The smallest absolute Gasteiger partial charge is 0.475 e. The van der Waals surface area contributed by atoms with E-state index in [1.54, 1.807) is 36.4 Å². The Bertz CT molecular complexity index is 1220. The zero-order valence-electron chi connectivity index (χ0n) is 18.2. The summed E-state index contributed by atoms with van der Waals surface area (Å²) in [6.07, 6.45) is -4.17. The molecule has 1 aliphatic rings. The number of aryl methyl sites for hydroxylation is 1. The van der Waals surface area contributed by atoms with Gasteiger partial charge in [0.15, 0.2) is 5.82 Å². The lowest BCUT2D eigenvalue weighted by atomic mass is 9.99. The summed E-state index contributed by atoms with van der Waals surface area (Å²) in [5, 5.41) is 9.48. The third-order valence-electron chi connectivity index (χ3n) is 5.26. The molecular weight excluding hydrogens is 463 g/mol. The van der Waals surface area contributed by atoms with Crippen LogP contribution in [0.2, 0.25) is 0 Å². The molecule has 0 atom stereocenters. The highest BCUT2D eigenvalue weighted by molar-refractivity contribution is 5.97. The number of nitrogens with zero attached hydrogens (tertiary/aromatic N) is 3. The number of fused-ring (bicyclic) bond motifs is 2. The van der Waals surface area contributed by atoms with Crippen LogP contribution in [0.3, 0.4) is 0 Å². The first-order valence-electron chi connectivity index (χ1n) is 10.0. The summed E-state index contributed by atoms with van der Waals surface area (Å²) in [6, 6.07) is 12.1. The molecular formula is C22H21F5N4O3. The van der Waals surface area contributed by atoms with Gasteiger partial charge in [-0.25, -0.2) is 9.78 Å². The molecule has 0 unspecified atom stereocenters. The highest BCUT2D eigenvalue weighted by Gasteiger charge is 2.45. The largest absolute Gasteiger partial charge is 0.490 e. The van der Waals surface area contributed by atoms with Crippen LogP contribution < -0.4 is 5.32 Å². The first kappa shape index (κ1) is 25.1.